The average Bonchev–Trinajstić information content (AvgIpc) is 3.03. The topological polar surface area (TPSA) is 90.3 Å². The van der Waals surface area contributed by atoms with Gasteiger partial charge in [0.15, 0.2) is 0 Å². The summed E-state index contributed by atoms with van der Waals surface area (Å²) in [6.45, 7) is 7.71. The summed E-state index contributed by atoms with van der Waals surface area (Å²) >= 11 is 0. The zero-order chi connectivity index (χ0) is 22.8. The van der Waals surface area contributed by atoms with E-state index in [1.54, 1.807) is 22.9 Å². The number of hydrogen-bond acceptors (Lipinski definition) is 5. The third kappa shape index (κ3) is 5.99. The van der Waals surface area contributed by atoms with Gasteiger partial charge in [-0.25, -0.2) is 22.5 Å². The van der Waals surface area contributed by atoms with E-state index < -0.39 is 29.8 Å². The van der Waals surface area contributed by atoms with Crippen molar-refractivity contribution in [2.24, 2.45) is 0 Å². The molecule has 0 fully saturated rings. The van der Waals surface area contributed by atoms with Crippen LogP contribution in [-0.4, -0.2) is 44.8 Å². The molecule has 7 nitrogen and oxygen atoms in total. The van der Waals surface area contributed by atoms with Crippen LogP contribution >= 0.6 is 0 Å². The second-order valence-corrected chi connectivity index (χ2v) is 16.0. The fourth-order valence-corrected chi connectivity index (χ4v) is 4.27. The smallest absolute Gasteiger partial charge is 0.264 e. The number of fused-ring (bicyclic) bond motifs is 1. The van der Waals surface area contributed by atoms with Crippen LogP contribution in [0, 0.1) is 5.82 Å². The molecule has 0 aliphatic heterocycles. The van der Waals surface area contributed by atoms with Crippen molar-refractivity contribution >= 4 is 35.0 Å². The van der Waals surface area contributed by atoms with Gasteiger partial charge in [0.25, 0.3) is 5.91 Å². The molecule has 0 saturated heterocycles. The molecule has 0 aliphatic rings. The molecule has 0 unspecified atom stereocenters. The van der Waals surface area contributed by atoms with Crippen molar-refractivity contribution in [2.45, 2.75) is 32.4 Å². The summed E-state index contributed by atoms with van der Waals surface area (Å²) in [4.78, 5) is 16.3. The molecule has 3 rings (SSSR count). The Balaban J connectivity index is 1.89. The van der Waals surface area contributed by atoms with Crippen molar-refractivity contribution in [3.05, 3.63) is 54.1 Å². The number of nitrogens with one attached hydrogen (secondary N) is 1. The highest BCUT2D eigenvalue weighted by atomic mass is 32.2. The lowest BCUT2D eigenvalue weighted by molar-refractivity contribution is 0.0899. The van der Waals surface area contributed by atoms with Gasteiger partial charge in [0.2, 0.25) is 10.0 Å². The van der Waals surface area contributed by atoms with Crippen molar-refractivity contribution < 1.29 is 22.3 Å². The van der Waals surface area contributed by atoms with Crippen molar-refractivity contribution in [3.63, 3.8) is 0 Å². The first kappa shape index (κ1) is 23.1. The van der Waals surface area contributed by atoms with E-state index in [4.69, 9.17) is 4.74 Å². The molecule has 3 aromatic rings. The number of rotatable bonds is 8. The molecule has 2 heterocycles. The van der Waals surface area contributed by atoms with Gasteiger partial charge in [-0.2, -0.15) is 0 Å². The Kier molecular flexibility index (Phi) is 6.63. The van der Waals surface area contributed by atoms with Crippen molar-refractivity contribution in [2.75, 3.05) is 12.9 Å². The fourth-order valence-electron chi connectivity index (χ4n) is 3.06. The van der Waals surface area contributed by atoms with Crippen LogP contribution in [0.4, 0.5) is 4.39 Å². The molecule has 0 bridgehead atoms. The quantitative estimate of drug-likeness (QED) is 0.405. The number of halogens is 1. The summed E-state index contributed by atoms with van der Waals surface area (Å²) in [5, 5.41) is 0.365. The Morgan fingerprint density at radius 1 is 1.19 bits per heavy atom. The van der Waals surface area contributed by atoms with Gasteiger partial charge in [0.05, 0.1) is 11.6 Å². The third-order valence-electron chi connectivity index (χ3n) is 4.67. The summed E-state index contributed by atoms with van der Waals surface area (Å²) in [6.07, 6.45) is 4.11. The SMILES string of the molecule is C[Si](C)(C)CCOCn1cc(-c2ccc(C(=O)NS(C)(=O)=O)cc2)c2c(F)ccnc21. The summed E-state index contributed by atoms with van der Waals surface area (Å²) in [5.41, 5.74) is 1.95. The molecular formula is C21H26FN3O4SSi. The van der Waals surface area contributed by atoms with Crippen LogP contribution in [-0.2, 0) is 21.5 Å². The zero-order valence-corrected chi connectivity index (χ0v) is 19.8. The number of benzene rings is 1. The molecule has 31 heavy (non-hydrogen) atoms. The van der Waals surface area contributed by atoms with Gasteiger partial charge in [-0.1, -0.05) is 31.8 Å². The first-order valence-electron chi connectivity index (χ1n) is 9.78. The first-order valence-corrected chi connectivity index (χ1v) is 15.4. The van der Waals surface area contributed by atoms with Gasteiger partial charge >= 0.3 is 0 Å². The minimum Gasteiger partial charge on any atom is -0.361 e. The number of carbonyl (C=O) groups is 1. The average molecular weight is 464 g/mol. The third-order valence-corrected chi connectivity index (χ3v) is 6.93. The van der Waals surface area contributed by atoms with Gasteiger partial charge in [-0.05, 0) is 29.8 Å². The number of sulfonamides is 1. The first-order chi connectivity index (χ1) is 14.4. The van der Waals surface area contributed by atoms with E-state index >= 15 is 0 Å². The fraction of sp³-hybridized carbons (Fsp3) is 0.333. The Morgan fingerprint density at radius 2 is 1.87 bits per heavy atom. The van der Waals surface area contributed by atoms with Crippen LogP contribution in [0.1, 0.15) is 10.4 Å². The molecule has 1 aromatic carbocycles. The zero-order valence-electron chi connectivity index (χ0n) is 18.0. The number of ether oxygens (including phenoxy) is 1. The van der Waals surface area contributed by atoms with Crippen molar-refractivity contribution in [3.8, 4) is 11.1 Å². The standard InChI is InChI=1S/C21H26FN3O4SSi/c1-30(27,28)24-21(26)16-7-5-15(6-8-16)17-13-25(14-29-11-12-31(2,3)4)20-19(17)18(22)9-10-23-20/h5-10,13H,11-12,14H2,1-4H3,(H,24,26). The number of carbonyl (C=O) groups excluding carboxylic acids is 1. The Labute approximate surface area is 182 Å². The van der Waals surface area contributed by atoms with Gasteiger partial charge in [-0.15, -0.1) is 0 Å². The molecule has 0 aliphatic carbocycles. The maximum absolute atomic E-state index is 14.7. The number of aromatic nitrogens is 2. The molecule has 1 N–H and O–H groups in total. The minimum atomic E-state index is -3.66. The summed E-state index contributed by atoms with van der Waals surface area (Å²) < 4.78 is 46.7. The van der Waals surface area contributed by atoms with E-state index in [1.807, 2.05) is 4.72 Å². The van der Waals surface area contributed by atoms with Gasteiger partial charge < -0.3 is 9.30 Å². The Bertz CT molecular complexity index is 1200. The molecule has 1 amide bonds. The van der Waals surface area contributed by atoms with E-state index in [-0.39, 0.29) is 12.3 Å². The van der Waals surface area contributed by atoms with Crippen LogP contribution < -0.4 is 4.72 Å². The van der Waals surface area contributed by atoms with Crippen LogP contribution in [0.2, 0.25) is 25.7 Å². The minimum absolute atomic E-state index is 0.186. The van der Waals surface area contributed by atoms with E-state index in [0.29, 0.717) is 28.8 Å². The van der Waals surface area contributed by atoms with Gasteiger partial charge in [-0.3, -0.25) is 4.79 Å². The Hall–Kier alpha value is -2.56. The van der Waals surface area contributed by atoms with E-state index in [1.165, 1.54) is 24.4 Å². The van der Waals surface area contributed by atoms with E-state index in [9.17, 15) is 17.6 Å². The molecule has 166 valence electrons. The number of pyridine rings is 1. The predicted molar refractivity (Wildman–Crippen MR) is 122 cm³/mol. The molecule has 0 saturated carbocycles. The lowest BCUT2D eigenvalue weighted by atomic mass is 10.0. The molecule has 0 atom stereocenters. The Morgan fingerprint density at radius 3 is 2.48 bits per heavy atom. The molecular weight excluding hydrogens is 437 g/mol. The van der Waals surface area contributed by atoms with E-state index in [0.717, 1.165) is 12.3 Å². The van der Waals surface area contributed by atoms with Crippen LogP contribution in [0.5, 0.6) is 0 Å². The highest BCUT2D eigenvalue weighted by molar-refractivity contribution is 7.89. The second-order valence-electron chi connectivity index (χ2n) is 8.63. The molecule has 2 aromatic heterocycles. The highest BCUT2D eigenvalue weighted by Gasteiger charge is 2.17. The number of hydrogen-bond donors (Lipinski definition) is 1. The summed E-state index contributed by atoms with van der Waals surface area (Å²) in [6, 6.07) is 8.62. The molecule has 0 spiro atoms. The molecule has 10 heteroatoms. The van der Waals surface area contributed by atoms with Crippen LogP contribution in [0.15, 0.2) is 42.7 Å². The lowest BCUT2D eigenvalue weighted by Crippen LogP contribution is -2.29. The molecule has 0 radical (unpaired) electrons. The van der Waals surface area contributed by atoms with Crippen LogP contribution in [0.25, 0.3) is 22.2 Å². The monoisotopic (exact) mass is 463 g/mol. The number of nitrogens with zero attached hydrogens (tertiary/aromatic N) is 2. The second kappa shape index (κ2) is 8.89. The van der Waals surface area contributed by atoms with Crippen molar-refractivity contribution in [1.29, 1.82) is 0 Å². The highest BCUT2D eigenvalue weighted by Crippen LogP contribution is 2.32. The van der Waals surface area contributed by atoms with Crippen molar-refractivity contribution in [1.82, 2.24) is 14.3 Å². The maximum atomic E-state index is 14.7. The largest absolute Gasteiger partial charge is 0.361 e. The van der Waals surface area contributed by atoms with Gasteiger partial charge in [0, 0.05) is 38.2 Å². The van der Waals surface area contributed by atoms with Gasteiger partial charge in [0.1, 0.15) is 18.2 Å². The predicted octanol–water partition coefficient (Wildman–Crippen LogP) is 3.84. The summed E-state index contributed by atoms with van der Waals surface area (Å²) in [5.74, 6) is -1.13. The lowest BCUT2D eigenvalue weighted by Gasteiger charge is -2.15. The maximum Gasteiger partial charge on any atom is 0.264 e. The van der Waals surface area contributed by atoms with E-state index in [2.05, 4.69) is 24.6 Å². The number of amides is 1. The normalized spacial score (nSPS) is 12.3. The summed E-state index contributed by atoms with van der Waals surface area (Å²) in [7, 11) is -4.87. The van der Waals surface area contributed by atoms with Crippen LogP contribution in [0.3, 0.4) is 0 Å².